The van der Waals surface area contributed by atoms with Gasteiger partial charge in [0.2, 0.25) is 10.0 Å². The molecule has 1 aromatic heterocycles. The quantitative estimate of drug-likeness (QED) is 0.728. The summed E-state index contributed by atoms with van der Waals surface area (Å²) in [5, 5.41) is 3.22. The summed E-state index contributed by atoms with van der Waals surface area (Å²) in [6.07, 6.45) is 0.849. The number of hydrogen-bond acceptors (Lipinski definition) is 4. The van der Waals surface area contributed by atoms with Crippen LogP contribution >= 0.6 is 27.3 Å². The molecule has 0 fully saturated rings. The third-order valence-corrected chi connectivity index (χ3v) is 7.57. The molecule has 0 saturated carbocycles. The van der Waals surface area contributed by atoms with Gasteiger partial charge in [-0.1, -0.05) is 20.8 Å². The molecule has 0 amide bonds. The Labute approximate surface area is 141 Å². The van der Waals surface area contributed by atoms with E-state index < -0.39 is 10.0 Å². The lowest BCUT2D eigenvalue weighted by Crippen LogP contribution is -2.35. The number of rotatable bonds is 8. The minimum absolute atomic E-state index is 0.0148. The predicted molar refractivity (Wildman–Crippen MR) is 93.3 cm³/mol. The Morgan fingerprint density at radius 2 is 2.00 bits per heavy atom. The molecule has 1 N–H and O–H groups in total. The first-order valence-corrected chi connectivity index (χ1v) is 10.2. The van der Waals surface area contributed by atoms with Crippen LogP contribution in [0.4, 0.5) is 0 Å². The summed E-state index contributed by atoms with van der Waals surface area (Å²) in [7, 11) is -1.79. The molecule has 0 spiro atoms. The molecule has 0 aromatic carbocycles. The molecule has 122 valence electrons. The van der Waals surface area contributed by atoms with Gasteiger partial charge in [0, 0.05) is 24.5 Å². The Balaban J connectivity index is 2.99. The summed E-state index contributed by atoms with van der Waals surface area (Å²) in [5.41, 5.74) is 0. The fourth-order valence-electron chi connectivity index (χ4n) is 2.13. The van der Waals surface area contributed by atoms with Crippen molar-refractivity contribution in [3.8, 4) is 0 Å². The Kier molecular flexibility index (Phi) is 7.33. The SMILES string of the molecule is CCNCc1cc(S(=O)(=O)N(C)C(C)CC(C)C)c(Br)s1. The maximum atomic E-state index is 12.7. The van der Waals surface area contributed by atoms with Gasteiger partial charge < -0.3 is 5.32 Å². The standard InChI is InChI=1S/C14H25BrN2O2S2/c1-6-16-9-12-8-13(14(15)20-12)21(18,19)17(5)11(4)7-10(2)3/h8,10-11,16H,6-7,9H2,1-5H3. The van der Waals surface area contributed by atoms with Crippen molar-refractivity contribution in [2.24, 2.45) is 5.92 Å². The summed E-state index contributed by atoms with van der Waals surface area (Å²) < 4.78 is 27.7. The van der Waals surface area contributed by atoms with E-state index >= 15 is 0 Å². The van der Waals surface area contributed by atoms with Gasteiger partial charge in [0.05, 0.1) is 3.79 Å². The van der Waals surface area contributed by atoms with Crippen molar-refractivity contribution in [1.29, 1.82) is 0 Å². The molecule has 21 heavy (non-hydrogen) atoms. The van der Waals surface area contributed by atoms with Gasteiger partial charge in [-0.25, -0.2) is 8.42 Å². The second-order valence-electron chi connectivity index (χ2n) is 5.63. The van der Waals surface area contributed by atoms with E-state index in [1.54, 1.807) is 13.1 Å². The maximum Gasteiger partial charge on any atom is 0.245 e. The number of thiophene rings is 1. The molecule has 1 atom stereocenters. The zero-order valence-electron chi connectivity index (χ0n) is 13.3. The van der Waals surface area contributed by atoms with Crippen LogP contribution in [0.3, 0.4) is 0 Å². The van der Waals surface area contributed by atoms with E-state index in [-0.39, 0.29) is 6.04 Å². The van der Waals surface area contributed by atoms with Gasteiger partial charge in [0.25, 0.3) is 0 Å². The average Bonchev–Trinajstić information content (AvgIpc) is 2.76. The topological polar surface area (TPSA) is 49.4 Å². The smallest absolute Gasteiger partial charge is 0.245 e. The third-order valence-electron chi connectivity index (χ3n) is 3.35. The first-order valence-electron chi connectivity index (χ1n) is 7.17. The number of hydrogen-bond donors (Lipinski definition) is 1. The van der Waals surface area contributed by atoms with Gasteiger partial charge in [-0.15, -0.1) is 11.3 Å². The van der Waals surface area contributed by atoms with Crippen LogP contribution in [0.5, 0.6) is 0 Å². The van der Waals surface area contributed by atoms with Crippen LogP contribution in [0.2, 0.25) is 0 Å². The van der Waals surface area contributed by atoms with Crippen molar-refractivity contribution in [1.82, 2.24) is 9.62 Å². The molecule has 1 unspecified atom stereocenters. The highest BCUT2D eigenvalue weighted by Crippen LogP contribution is 2.34. The monoisotopic (exact) mass is 396 g/mol. The summed E-state index contributed by atoms with van der Waals surface area (Å²) in [4.78, 5) is 1.39. The molecule has 0 aliphatic heterocycles. The zero-order chi connectivity index (χ0) is 16.2. The summed E-state index contributed by atoms with van der Waals surface area (Å²) in [5.74, 6) is 0.466. The summed E-state index contributed by atoms with van der Waals surface area (Å²) >= 11 is 4.87. The Hall–Kier alpha value is 0.0500. The molecular weight excluding hydrogens is 372 g/mol. The zero-order valence-corrected chi connectivity index (χ0v) is 16.5. The van der Waals surface area contributed by atoms with Crippen molar-refractivity contribution in [2.75, 3.05) is 13.6 Å². The molecule has 0 saturated heterocycles. The van der Waals surface area contributed by atoms with Crippen molar-refractivity contribution < 1.29 is 8.42 Å². The van der Waals surface area contributed by atoms with Crippen molar-refractivity contribution in [2.45, 2.75) is 51.6 Å². The van der Waals surface area contributed by atoms with Crippen LogP contribution in [0.15, 0.2) is 14.7 Å². The van der Waals surface area contributed by atoms with Gasteiger partial charge in [-0.2, -0.15) is 4.31 Å². The first-order chi connectivity index (χ1) is 9.70. The van der Waals surface area contributed by atoms with Crippen molar-refractivity contribution >= 4 is 37.3 Å². The molecule has 1 aromatic rings. The molecule has 4 nitrogen and oxygen atoms in total. The van der Waals surface area contributed by atoms with Crippen LogP contribution in [-0.4, -0.2) is 32.4 Å². The predicted octanol–water partition coefficient (Wildman–Crippen LogP) is 3.68. The molecule has 1 rings (SSSR count). The number of nitrogens with zero attached hydrogens (tertiary/aromatic N) is 1. The van der Waals surface area contributed by atoms with Gasteiger partial charge in [-0.3, -0.25) is 0 Å². The normalized spacial score (nSPS) is 14.1. The van der Waals surface area contributed by atoms with Crippen molar-refractivity contribution in [3.63, 3.8) is 0 Å². The van der Waals surface area contributed by atoms with Gasteiger partial charge in [-0.05, 0) is 47.8 Å². The van der Waals surface area contributed by atoms with E-state index in [0.717, 1.165) is 17.8 Å². The average molecular weight is 397 g/mol. The van der Waals surface area contributed by atoms with Crippen molar-refractivity contribution in [3.05, 3.63) is 14.7 Å². The number of nitrogens with one attached hydrogen (secondary N) is 1. The minimum Gasteiger partial charge on any atom is -0.312 e. The molecule has 7 heteroatoms. The first kappa shape index (κ1) is 19.1. The highest BCUT2D eigenvalue weighted by atomic mass is 79.9. The molecule has 0 bridgehead atoms. The fourth-order valence-corrected chi connectivity index (χ4v) is 6.10. The maximum absolute atomic E-state index is 12.7. The minimum atomic E-state index is -3.45. The Morgan fingerprint density at radius 1 is 1.38 bits per heavy atom. The molecule has 0 radical (unpaired) electrons. The summed E-state index contributed by atoms with van der Waals surface area (Å²) in [6, 6.07) is 1.75. The Bertz CT molecular complexity index is 555. The highest BCUT2D eigenvalue weighted by molar-refractivity contribution is 9.11. The van der Waals surface area contributed by atoms with E-state index in [0.29, 0.717) is 21.1 Å². The molecule has 0 aliphatic rings. The lowest BCUT2D eigenvalue weighted by atomic mass is 10.1. The van der Waals surface area contributed by atoms with Crippen LogP contribution in [0.25, 0.3) is 0 Å². The largest absolute Gasteiger partial charge is 0.312 e. The lowest BCUT2D eigenvalue weighted by molar-refractivity contribution is 0.338. The Morgan fingerprint density at radius 3 is 2.52 bits per heavy atom. The second kappa shape index (κ2) is 8.06. The van der Waals surface area contributed by atoms with E-state index in [2.05, 4.69) is 35.1 Å². The van der Waals surface area contributed by atoms with E-state index in [1.807, 2.05) is 13.8 Å². The lowest BCUT2D eigenvalue weighted by Gasteiger charge is -2.25. The third kappa shape index (κ3) is 5.03. The van der Waals surface area contributed by atoms with Crippen LogP contribution in [-0.2, 0) is 16.6 Å². The number of halogens is 1. The van der Waals surface area contributed by atoms with Gasteiger partial charge >= 0.3 is 0 Å². The fraction of sp³-hybridized carbons (Fsp3) is 0.714. The number of sulfonamides is 1. The van der Waals surface area contributed by atoms with Gasteiger partial charge in [0.1, 0.15) is 4.90 Å². The van der Waals surface area contributed by atoms with Gasteiger partial charge in [0.15, 0.2) is 0 Å². The van der Waals surface area contributed by atoms with E-state index in [1.165, 1.54) is 15.6 Å². The molecule has 0 aliphatic carbocycles. The molecular formula is C14H25BrN2O2S2. The van der Waals surface area contributed by atoms with E-state index in [4.69, 9.17) is 0 Å². The van der Waals surface area contributed by atoms with Crippen LogP contribution in [0.1, 0.15) is 39.0 Å². The highest BCUT2D eigenvalue weighted by Gasteiger charge is 2.29. The van der Waals surface area contributed by atoms with Crippen LogP contribution < -0.4 is 5.32 Å². The van der Waals surface area contributed by atoms with Crippen LogP contribution in [0, 0.1) is 5.92 Å². The van der Waals surface area contributed by atoms with E-state index in [9.17, 15) is 8.42 Å². The molecule has 1 heterocycles. The summed E-state index contributed by atoms with van der Waals surface area (Å²) in [6.45, 7) is 9.75. The second-order valence-corrected chi connectivity index (χ2v) is 10.1.